The van der Waals surface area contributed by atoms with Crippen LogP contribution in [0.4, 0.5) is 17.6 Å². The fraction of sp³-hybridized carbons (Fsp3) is 0.290. The van der Waals surface area contributed by atoms with Gasteiger partial charge in [0.05, 0.1) is 18.1 Å². The second kappa shape index (κ2) is 11.8. The molecule has 0 aliphatic heterocycles. The highest BCUT2D eigenvalue weighted by Crippen LogP contribution is 2.61. The maximum Gasteiger partial charge on any atom is 0.333 e. The molecule has 224 valence electrons. The van der Waals surface area contributed by atoms with Crippen LogP contribution >= 0.6 is 11.6 Å². The Balaban J connectivity index is 1.53. The maximum atomic E-state index is 16.0. The zero-order valence-corrected chi connectivity index (χ0v) is 24.8. The molecule has 12 heteroatoms. The topological polar surface area (TPSA) is 70.0 Å². The minimum atomic E-state index is -2.76. The van der Waals surface area contributed by atoms with Gasteiger partial charge in [0.25, 0.3) is 5.56 Å². The van der Waals surface area contributed by atoms with Crippen molar-refractivity contribution in [1.29, 1.82) is 0 Å². The molecule has 3 aromatic heterocycles. The molecule has 1 aromatic carbocycles. The molecule has 4 aromatic rings. The number of halogens is 5. The monoisotopic (exact) mass is 612 g/mol. The number of hydrogen-bond acceptors (Lipinski definition) is 4. The van der Waals surface area contributed by atoms with E-state index in [9.17, 15) is 13.6 Å². The molecule has 0 radical (unpaired) electrons. The number of pyridine rings is 1. The molecular formula is C31H29ClF4N6O. The predicted octanol–water partition coefficient (Wildman–Crippen LogP) is 7.65. The Labute approximate surface area is 250 Å². The van der Waals surface area contributed by atoms with Gasteiger partial charge in [-0.1, -0.05) is 30.7 Å². The highest BCUT2D eigenvalue weighted by Gasteiger charge is 2.50. The summed E-state index contributed by atoms with van der Waals surface area (Å²) in [6.07, 6.45) is 6.51. The van der Waals surface area contributed by atoms with Crippen molar-refractivity contribution in [2.45, 2.75) is 53.0 Å². The third-order valence-corrected chi connectivity index (χ3v) is 8.02. The third kappa shape index (κ3) is 5.61. The Morgan fingerprint density at radius 3 is 2.51 bits per heavy atom. The van der Waals surface area contributed by atoms with Crippen LogP contribution in [-0.4, -0.2) is 29.8 Å². The summed E-state index contributed by atoms with van der Waals surface area (Å²) in [6.45, 7) is 6.05. The van der Waals surface area contributed by atoms with Crippen molar-refractivity contribution < 1.29 is 17.6 Å². The van der Waals surface area contributed by atoms with E-state index in [4.69, 9.17) is 11.6 Å². The Morgan fingerprint density at radius 2 is 1.88 bits per heavy atom. The van der Waals surface area contributed by atoms with Gasteiger partial charge in [-0.05, 0) is 80.8 Å². The van der Waals surface area contributed by atoms with E-state index >= 15 is 8.78 Å². The minimum Gasteiger partial charge on any atom is -0.284 e. The summed E-state index contributed by atoms with van der Waals surface area (Å²) >= 11 is 6.54. The van der Waals surface area contributed by atoms with Crippen molar-refractivity contribution in [3.63, 3.8) is 0 Å². The summed E-state index contributed by atoms with van der Waals surface area (Å²) < 4.78 is 61.0. The summed E-state index contributed by atoms with van der Waals surface area (Å²) in [7, 11) is 0. The van der Waals surface area contributed by atoms with E-state index in [1.54, 1.807) is 52.0 Å². The second-order valence-electron chi connectivity index (χ2n) is 10.6. The zero-order valence-electron chi connectivity index (χ0n) is 24.1. The van der Waals surface area contributed by atoms with Crippen molar-refractivity contribution in [3.8, 4) is 5.69 Å². The number of aromatic nitrogens is 5. The van der Waals surface area contributed by atoms with Crippen molar-refractivity contribution in [1.82, 2.24) is 24.1 Å². The summed E-state index contributed by atoms with van der Waals surface area (Å²) in [5.41, 5.74) is 1.95. The molecule has 1 aliphatic rings. The predicted molar refractivity (Wildman–Crippen MR) is 158 cm³/mol. The lowest BCUT2D eigenvalue weighted by Gasteiger charge is -2.13. The van der Waals surface area contributed by atoms with E-state index in [2.05, 4.69) is 15.2 Å². The number of nitrogens with zero attached hydrogens (tertiary/aromatic N) is 6. The fourth-order valence-corrected chi connectivity index (χ4v) is 5.83. The molecular weight excluding hydrogens is 584 g/mol. The van der Waals surface area contributed by atoms with E-state index in [0.717, 1.165) is 10.8 Å². The lowest BCUT2D eigenvalue weighted by molar-refractivity contribution is 0.0565. The van der Waals surface area contributed by atoms with Crippen LogP contribution in [-0.2, 0) is 0 Å². The highest BCUT2D eigenvalue weighted by atomic mass is 35.5. The van der Waals surface area contributed by atoms with Crippen molar-refractivity contribution in [2.24, 2.45) is 10.9 Å². The van der Waals surface area contributed by atoms with E-state index in [0.29, 0.717) is 32.9 Å². The van der Waals surface area contributed by atoms with Gasteiger partial charge >= 0.3 is 6.55 Å². The molecule has 0 amide bonds. The molecule has 3 atom stereocenters. The first-order valence-electron chi connectivity index (χ1n) is 13.6. The van der Waals surface area contributed by atoms with Crippen LogP contribution in [0.2, 0.25) is 5.02 Å². The largest absolute Gasteiger partial charge is 0.333 e. The number of rotatable bonds is 8. The first-order chi connectivity index (χ1) is 20.4. The zero-order chi connectivity index (χ0) is 31.2. The quantitative estimate of drug-likeness (QED) is 0.152. The van der Waals surface area contributed by atoms with Gasteiger partial charge in [-0.25, -0.2) is 18.1 Å². The van der Waals surface area contributed by atoms with E-state index in [1.165, 1.54) is 35.4 Å². The van der Waals surface area contributed by atoms with Crippen molar-refractivity contribution >= 4 is 23.5 Å². The van der Waals surface area contributed by atoms with E-state index in [1.807, 2.05) is 6.92 Å². The lowest BCUT2D eigenvalue weighted by atomic mass is 10.1. The van der Waals surface area contributed by atoms with E-state index < -0.39 is 23.8 Å². The van der Waals surface area contributed by atoms with Crippen LogP contribution in [0.1, 0.15) is 66.0 Å². The molecule has 7 nitrogen and oxygen atoms in total. The Kier molecular flexibility index (Phi) is 8.29. The highest BCUT2D eigenvalue weighted by molar-refractivity contribution is 6.31. The average Bonchev–Trinajstić information content (AvgIpc) is 3.24. The number of aliphatic imine (C=N–C) groups is 1. The van der Waals surface area contributed by atoms with Gasteiger partial charge in [0.15, 0.2) is 11.6 Å². The molecule has 0 bridgehead atoms. The molecule has 5 rings (SSSR count). The van der Waals surface area contributed by atoms with Crippen LogP contribution in [0, 0.1) is 32.5 Å². The molecule has 3 heterocycles. The molecule has 0 N–H and O–H groups in total. The number of alkyl halides is 2. The molecule has 0 spiro atoms. The van der Waals surface area contributed by atoms with Crippen LogP contribution in [0.25, 0.3) is 11.9 Å². The Bertz CT molecular complexity index is 1850. The third-order valence-electron chi connectivity index (χ3n) is 7.64. The summed E-state index contributed by atoms with van der Waals surface area (Å²) in [6, 6.07) is 7.98. The molecule has 1 saturated carbocycles. The maximum absolute atomic E-state index is 16.0. The second-order valence-corrected chi connectivity index (χ2v) is 11.0. The summed E-state index contributed by atoms with van der Waals surface area (Å²) in [5.74, 6) is -2.03. The molecule has 1 fully saturated rings. The van der Waals surface area contributed by atoms with Crippen molar-refractivity contribution in [3.05, 3.63) is 116 Å². The minimum absolute atomic E-state index is 0.0202. The van der Waals surface area contributed by atoms with Crippen LogP contribution in [0.15, 0.2) is 70.6 Å². The smallest absolute Gasteiger partial charge is 0.284 e. The van der Waals surface area contributed by atoms with Crippen molar-refractivity contribution in [2.75, 3.05) is 0 Å². The van der Waals surface area contributed by atoms with Gasteiger partial charge in [-0.3, -0.25) is 14.4 Å². The first-order valence-corrected chi connectivity index (χ1v) is 13.9. The van der Waals surface area contributed by atoms with Gasteiger partial charge in [0.1, 0.15) is 16.4 Å². The summed E-state index contributed by atoms with van der Waals surface area (Å²) in [5, 5.41) is 7.93. The molecule has 43 heavy (non-hydrogen) atoms. The van der Waals surface area contributed by atoms with Crippen LogP contribution in [0.5, 0.6) is 0 Å². The fourth-order valence-electron chi connectivity index (χ4n) is 5.55. The molecule has 1 aliphatic carbocycles. The van der Waals surface area contributed by atoms with Gasteiger partial charge < -0.3 is 0 Å². The van der Waals surface area contributed by atoms with Gasteiger partial charge in [-0.15, -0.1) is 0 Å². The number of benzene rings is 1. The SMILES string of the molecule is C/C=C/N=C(/C(F)=C/n1c(C)cc(C2C(c3cnn(C(F)F)c3)[C@H]2C)c(Cl)c1=O)c1cccc(-n2nc(C)cc2C)c1F. The normalized spacial score (nSPS) is 19.2. The van der Waals surface area contributed by atoms with Crippen LogP contribution < -0.4 is 5.56 Å². The van der Waals surface area contributed by atoms with Gasteiger partial charge in [0, 0.05) is 29.3 Å². The number of hydrogen-bond donors (Lipinski definition) is 0. The van der Waals surface area contributed by atoms with E-state index in [-0.39, 0.29) is 39.7 Å². The number of aryl methyl sites for hydroxylation is 3. The van der Waals surface area contributed by atoms with Crippen LogP contribution in [0.3, 0.4) is 0 Å². The summed E-state index contributed by atoms with van der Waals surface area (Å²) in [4.78, 5) is 17.6. The average molecular weight is 613 g/mol. The Morgan fingerprint density at radius 1 is 1.14 bits per heavy atom. The number of allylic oxidation sites excluding steroid dienone is 2. The standard InChI is InChI=1S/C31H29ClF4N6O/c1-6-10-37-29(21-8-7-9-24(28(21)34)42-18(4)11-16(2)39-42)23(33)15-40-17(3)12-22(27(32)30(40)43)26-19(5)25(26)20-13-38-41(14-20)31(35)36/h6-15,19,25-26,31H,1-5H3/b10-6+,23-15-,37-29+/t19-,25?,26?/m1/s1. The first kappa shape index (κ1) is 30.2. The molecule has 2 unspecified atom stereocenters. The van der Waals surface area contributed by atoms with Gasteiger partial charge in [0.2, 0.25) is 0 Å². The Hall–Kier alpha value is -4.25. The molecule has 0 saturated heterocycles. The lowest BCUT2D eigenvalue weighted by Crippen LogP contribution is -2.21. The van der Waals surface area contributed by atoms with Gasteiger partial charge in [-0.2, -0.15) is 19.0 Å².